The Morgan fingerprint density at radius 1 is 1.10 bits per heavy atom. The van der Waals surface area contributed by atoms with Gasteiger partial charge in [0.1, 0.15) is 23.5 Å². The van der Waals surface area contributed by atoms with Crippen LogP contribution in [0.4, 0.5) is 0 Å². The molecule has 0 spiro atoms. The Morgan fingerprint density at radius 2 is 1.84 bits per heavy atom. The number of phenols is 1. The lowest BCUT2D eigenvalue weighted by Gasteiger charge is -2.33. The number of aryl methyl sites for hydroxylation is 2. The van der Waals surface area contributed by atoms with E-state index in [-0.39, 0.29) is 42.7 Å². The number of nitrogens with zero attached hydrogens (tertiary/aromatic N) is 5. The number of ether oxygens (including phenoxy) is 2. The van der Waals surface area contributed by atoms with Gasteiger partial charge in [-0.3, -0.25) is 24.2 Å². The summed E-state index contributed by atoms with van der Waals surface area (Å²) >= 11 is 0. The van der Waals surface area contributed by atoms with Crippen LogP contribution in [-0.4, -0.2) is 99.3 Å². The highest BCUT2D eigenvalue weighted by atomic mass is 16.5. The first-order chi connectivity index (χ1) is 27.5. The van der Waals surface area contributed by atoms with E-state index in [4.69, 9.17) is 14.5 Å². The number of amides is 3. The molecule has 1 aliphatic heterocycles. The fourth-order valence-corrected chi connectivity index (χ4v) is 8.16. The van der Waals surface area contributed by atoms with Crippen LogP contribution in [0.25, 0.3) is 33.4 Å². The van der Waals surface area contributed by atoms with Crippen molar-refractivity contribution >= 4 is 35.1 Å². The number of methoxy groups -OCH3 is 1. The summed E-state index contributed by atoms with van der Waals surface area (Å²) in [5, 5.41) is 16.7. The van der Waals surface area contributed by atoms with Crippen molar-refractivity contribution in [1.29, 1.82) is 0 Å². The molecule has 0 aliphatic carbocycles. The van der Waals surface area contributed by atoms with Gasteiger partial charge in [0, 0.05) is 70.5 Å². The van der Waals surface area contributed by atoms with Crippen molar-refractivity contribution in [1.82, 2.24) is 34.8 Å². The number of phenolic OH excluding ortho intramolecular Hbond substituents is 1. The van der Waals surface area contributed by atoms with E-state index in [1.165, 1.54) is 11.8 Å². The Kier molecular flexibility index (Phi) is 14.1. The molecule has 314 valence electrons. The number of likely N-dealkylation sites (N-methyl/N-ethyl adjacent to an activating group) is 1. The zero-order chi connectivity index (χ0) is 42.5. The number of rotatable bonds is 17. The molecule has 2 aromatic carbocycles. The van der Waals surface area contributed by atoms with Crippen LogP contribution in [-0.2, 0) is 55.1 Å². The maximum absolute atomic E-state index is 14.0. The first kappa shape index (κ1) is 43.9. The molecule has 58 heavy (non-hydrogen) atoms. The molecular formula is C44H61N7O7. The van der Waals surface area contributed by atoms with E-state index < -0.39 is 23.4 Å². The van der Waals surface area contributed by atoms with Gasteiger partial charge in [0.25, 0.3) is 5.91 Å². The molecule has 1 saturated heterocycles. The van der Waals surface area contributed by atoms with Gasteiger partial charge in [-0.2, -0.15) is 0 Å². The maximum atomic E-state index is 14.0. The van der Waals surface area contributed by atoms with Gasteiger partial charge in [0.2, 0.25) is 12.3 Å². The molecule has 3 unspecified atom stereocenters. The lowest BCUT2D eigenvalue weighted by Crippen LogP contribution is -2.58. The second-order valence-corrected chi connectivity index (χ2v) is 16.6. The molecule has 2 aromatic heterocycles. The van der Waals surface area contributed by atoms with Gasteiger partial charge in [0.15, 0.2) is 0 Å². The van der Waals surface area contributed by atoms with Gasteiger partial charge >= 0.3 is 5.97 Å². The van der Waals surface area contributed by atoms with Crippen molar-refractivity contribution in [3.05, 3.63) is 59.5 Å². The summed E-state index contributed by atoms with van der Waals surface area (Å²) in [5.41, 5.74) is 9.70. The summed E-state index contributed by atoms with van der Waals surface area (Å²) in [6.07, 6.45) is 4.62. The van der Waals surface area contributed by atoms with Gasteiger partial charge in [-0.05, 0) is 85.5 Å². The summed E-state index contributed by atoms with van der Waals surface area (Å²) in [6.45, 7) is 15.4. The van der Waals surface area contributed by atoms with Crippen LogP contribution in [0, 0.1) is 11.3 Å². The predicted molar refractivity (Wildman–Crippen MR) is 223 cm³/mol. The number of aromatic hydroxyl groups is 1. The third-order valence-corrected chi connectivity index (χ3v) is 11.0. The third-order valence-electron chi connectivity index (χ3n) is 11.0. The van der Waals surface area contributed by atoms with Crippen LogP contribution in [0.15, 0.2) is 42.7 Å². The highest BCUT2D eigenvalue weighted by Gasteiger charge is 2.34. The van der Waals surface area contributed by atoms with Crippen molar-refractivity contribution < 1.29 is 33.8 Å². The number of esters is 1. The van der Waals surface area contributed by atoms with Gasteiger partial charge in [-0.15, -0.1) is 0 Å². The molecule has 14 nitrogen and oxygen atoms in total. The molecular weight excluding hydrogens is 739 g/mol. The highest BCUT2D eigenvalue weighted by Crippen LogP contribution is 2.42. The lowest BCUT2D eigenvalue weighted by atomic mass is 9.84. The summed E-state index contributed by atoms with van der Waals surface area (Å²) in [7, 11) is 5.19. The van der Waals surface area contributed by atoms with Crippen LogP contribution in [0.2, 0.25) is 0 Å². The van der Waals surface area contributed by atoms with E-state index in [0.717, 1.165) is 57.5 Å². The van der Waals surface area contributed by atoms with Gasteiger partial charge < -0.3 is 33.9 Å². The van der Waals surface area contributed by atoms with Crippen LogP contribution in [0.3, 0.4) is 0 Å². The van der Waals surface area contributed by atoms with Crippen molar-refractivity contribution in [2.24, 2.45) is 18.4 Å². The fraction of sp³-hybridized carbons (Fsp3) is 0.523. The molecule has 0 radical (unpaired) electrons. The molecule has 5 rings (SSSR count). The Balaban J connectivity index is 1.62. The summed E-state index contributed by atoms with van der Waals surface area (Å²) in [5.74, 6) is -1.24. The first-order valence-corrected chi connectivity index (χ1v) is 20.2. The highest BCUT2D eigenvalue weighted by molar-refractivity contribution is 5.95. The van der Waals surface area contributed by atoms with Crippen LogP contribution < -0.4 is 10.7 Å². The number of carbonyl (C=O) groups excluding carboxylic acids is 4. The zero-order valence-corrected chi connectivity index (χ0v) is 35.7. The number of benzene rings is 2. The van der Waals surface area contributed by atoms with Crippen molar-refractivity contribution in [3.8, 4) is 28.3 Å². The Labute approximate surface area is 341 Å². The quantitative estimate of drug-likeness (QED) is 0.0921. The molecule has 3 heterocycles. The largest absolute Gasteiger partial charge is 0.508 e. The predicted octanol–water partition coefficient (Wildman–Crippen LogP) is 5.54. The number of nitrogens with one attached hydrogen (secondary N) is 2. The van der Waals surface area contributed by atoms with E-state index >= 15 is 0 Å². The smallest absolute Gasteiger partial charge is 0.302 e. The Bertz CT molecular complexity index is 2110. The fourth-order valence-electron chi connectivity index (χ4n) is 8.16. The van der Waals surface area contributed by atoms with Gasteiger partial charge in [-0.25, -0.2) is 10.4 Å². The minimum Gasteiger partial charge on any atom is -0.508 e. The molecule has 4 aromatic rings. The van der Waals surface area contributed by atoms with Gasteiger partial charge in [0.05, 0.1) is 30.4 Å². The number of hydrogen-bond acceptors (Lipinski definition) is 9. The standard InChI is InChI=1S/C44H61N7O7/c1-11-50-37-15-14-31(22-34(37)35(23-44(6,7)24-58-29(5)53)41(50)38-40(28(4)57-10)48(8)25-45-38)32-18-30(19-33(54)21-32)20-36(43(56)51-17-13-12-16-46-51)47-42(55)39(27(2)3)49(9)26-52/h14-15,18-19,21-22,25-28,36,39,46,54H,11-13,16-17,20,23-24H2,1-10H3,(H,47,55). The molecule has 3 atom stereocenters. The first-order valence-electron chi connectivity index (χ1n) is 20.2. The van der Waals surface area contributed by atoms with Crippen molar-refractivity contribution in [2.75, 3.05) is 33.9 Å². The summed E-state index contributed by atoms with van der Waals surface area (Å²) in [6, 6.07) is 9.72. The Morgan fingerprint density at radius 3 is 2.47 bits per heavy atom. The molecule has 3 N–H and O–H groups in total. The SMILES string of the molecule is CCn1c(-c2ncn(C)c2C(C)OC)c(CC(C)(C)COC(C)=O)c2cc(-c3cc(O)cc(CC(NC(=O)C(C(C)C)N(C)C=O)C(=O)N4CCCCN4)c3)ccc21. The second kappa shape index (κ2) is 18.6. The number of fused-ring (bicyclic) bond motifs is 1. The minimum atomic E-state index is -0.967. The number of aromatic nitrogens is 3. The lowest BCUT2D eigenvalue weighted by molar-refractivity contribution is -0.144. The van der Waals surface area contributed by atoms with Crippen molar-refractivity contribution in [3.63, 3.8) is 0 Å². The summed E-state index contributed by atoms with van der Waals surface area (Å²) in [4.78, 5) is 57.6. The van der Waals surface area contributed by atoms with Crippen LogP contribution >= 0.6 is 0 Å². The van der Waals surface area contributed by atoms with E-state index in [0.29, 0.717) is 38.0 Å². The second-order valence-electron chi connectivity index (χ2n) is 16.6. The van der Waals surface area contributed by atoms with E-state index in [9.17, 15) is 24.3 Å². The molecule has 0 saturated carbocycles. The molecule has 14 heteroatoms. The summed E-state index contributed by atoms with van der Waals surface area (Å²) < 4.78 is 15.6. The van der Waals surface area contributed by atoms with Crippen LogP contribution in [0.1, 0.15) is 84.2 Å². The molecule has 1 aliphatic rings. The number of carbonyl (C=O) groups is 4. The monoisotopic (exact) mass is 799 g/mol. The number of hydrazine groups is 1. The number of hydrogen-bond donors (Lipinski definition) is 3. The molecule has 0 bridgehead atoms. The van der Waals surface area contributed by atoms with E-state index in [1.807, 2.05) is 44.5 Å². The molecule has 3 amide bonds. The van der Waals surface area contributed by atoms with E-state index in [1.54, 1.807) is 37.6 Å². The topological polar surface area (TPSA) is 160 Å². The Hall–Kier alpha value is -5.21. The molecule has 1 fully saturated rings. The van der Waals surface area contributed by atoms with E-state index in [2.05, 4.69) is 48.2 Å². The van der Waals surface area contributed by atoms with Crippen molar-refractivity contribution in [2.45, 2.75) is 98.9 Å². The average molecular weight is 800 g/mol. The van der Waals surface area contributed by atoms with Gasteiger partial charge in [-0.1, -0.05) is 39.8 Å². The van der Waals surface area contributed by atoms with Crippen LogP contribution in [0.5, 0.6) is 5.75 Å². The average Bonchev–Trinajstić information content (AvgIpc) is 3.71. The third kappa shape index (κ3) is 9.72. The number of imidazole rings is 1. The maximum Gasteiger partial charge on any atom is 0.302 e. The zero-order valence-electron chi connectivity index (χ0n) is 35.7. The normalized spacial score (nSPS) is 15.0. The minimum absolute atomic E-state index is 0.0169.